The Bertz CT molecular complexity index is 832. The van der Waals surface area contributed by atoms with E-state index in [-0.39, 0.29) is 17.9 Å². The van der Waals surface area contributed by atoms with E-state index in [1.54, 1.807) is 0 Å². The molecule has 6 nitrogen and oxygen atoms in total. The van der Waals surface area contributed by atoms with Crippen LogP contribution < -0.4 is 15.5 Å². The maximum absolute atomic E-state index is 12.7. The van der Waals surface area contributed by atoms with Crippen LogP contribution in [0, 0.1) is 12.8 Å². The zero-order valence-electron chi connectivity index (χ0n) is 17.6. The molecule has 0 aliphatic heterocycles. The number of rotatable bonds is 6. The number of aromatic nitrogens is 2. The number of nitrogens with one attached hydrogen (secondary N) is 2. The van der Waals surface area contributed by atoms with E-state index in [0.29, 0.717) is 17.0 Å². The summed E-state index contributed by atoms with van der Waals surface area (Å²) in [5.41, 5.74) is 2.00. The lowest BCUT2D eigenvalue weighted by atomic mass is 9.85. The lowest BCUT2D eigenvalue weighted by molar-refractivity contribution is -0.126. The van der Waals surface area contributed by atoms with Crippen LogP contribution in [0.1, 0.15) is 49.9 Å². The number of hydrogen-bond acceptors (Lipinski definition) is 5. The van der Waals surface area contributed by atoms with Crippen molar-refractivity contribution in [2.75, 3.05) is 24.3 Å². The van der Waals surface area contributed by atoms with Gasteiger partial charge in [-0.25, -0.2) is 4.98 Å². The third-order valence-corrected chi connectivity index (χ3v) is 5.71. The first-order valence-corrected chi connectivity index (χ1v) is 10.5. The summed E-state index contributed by atoms with van der Waals surface area (Å²) in [6.07, 6.45) is 3.59. The summed E-state index contributed by atoms with van der Waals surface area (Å²) in [6, 6.07) is 9.85. The minimum Gasteiger partial charge on any atom is -0.363 e. The molecule has 1 amide bonds. The van der Waals surface area contributed by atoms with Crippen LogP contribution in [0.25, 0.3) is 0 Å². The first kappa shape index (κ1) is 21.4. The molecular weight excluding hydrogens is 386 g/mol. The summed E-state index contributed by atoms with van der Waals surface area (Å²) in [5.74, 6) is 1.74. The van der Waals surface area contributed by atoms with Crippen molar-refractivity contribution in [3.8, 4) is 0 Å². The van der Waals surface area contributed by atoms with E-state index < -0.39 is 0 Å². The maximum Gasteiger partial charge on any atom is 0.225 e. The molecule has 3 rings (SSSR count). The average molecular weight is 416 g/mol. The molecule has 0 saturated heterocycles. The summed E-state index contributed by atoms with van der Waals surface area (Å²) < 4.78 is 0. The number of nitrogens with zero attached hydrogens (tertiary/aromatic N) is 3. The highest BCUT2D eigenvalue weighted by atomic mass is 35.5. The number of halogens is 1. The van der Waals surface area contributed by atoms with Gasteiger partial charge in [0.2, 0.25) is 11.9 Å². The van der Waals surface area contributed by atoms with Crippen molar-refractivity contribution in [1.29, 1.82) is 0 Å². The van der Waals surface area contributed by atoms with Crippen LogP contribution in [0.5, 0.6) is 0 Å². The predicted molar refractivity (Wildman–Crippen MR) is 118 cm³/mol. The molecule has 0 radical (unpaired) electrons. The topological polar surface area (TPSA) is 70.2 Å². The van der Waals surface area contributed by atoms with Gasteiger partial charge in [-0.3, -0.25) is 4.79 Å². The molecule has 1 fully saturated rings. The van der Waals surface area contributed by atoms with Crippen molar-refractivity contribution < 1.29 is 4.79 Å². The van der Waals surface area contributed by atoms with Gasteiger partial charge >= 0.3 is 0 Å². The van der Waals surface area contributed by atoms with Gasteiger partial charge in [-0.15, -0.1) is 0 Å². The molecule has 1 heterocycles. The average Bonchev–Trinajstić information content (AvgIpc) is 2.68. The van der Waals surface area contributed by atoms with Crippen LogP contribution in [0.3, 0.4) is 0 Å². The smallest absolute Gasteiger partial charge is 0.225 e. The third-order valence-electron chi connectivity index (χ3n) is 5.46. The Labute approximate surface area is 178 Å². The third kappa shape index (κ3) is 5.82. The lowest BCUT2D eigenvalue weighted by Crippen LogP contribution is -2.37. The van der Waals surface area contributed by atoms with E-state index in [4.69, 9.17) is 11.6 Å². The SMILES string of the molecule is Cc1cc(N(C)C)nc(N[C@H]2CC[C@@H](C(=O)NC(C)c3ccc(Cl)cc3)CC2)n1. The van der Waals surface area contributed by atoms with Crippen LogP contribution >= 0.6 is 11.6 Å². The number of amides is 1. The number of benzene rings is 1. The molecule has 1 saturated carbocycles. The number of anilines is 2. The number of carbonyl (C=O) groups is 1. The molecule has 2 aromatic rings. The van der Waals surface area contributed by atoms with E-state index in [1.165, 1.54) is 0 Å². The second-order valence-electron chi connectivity index (χ2n) is 8.06. The summed E-state index contributed by atoms with van der Waals surface area (Å²) in [5, 5.41) is 7.30. The molecule has 1 aromatic carbocycles. The van der Waals surface area contributed by atoms with E-state index in [9.17, 15) is 4.79 Å². The molecule has 2 N–H and O–H groups in total. The summed E-state index contributed by atoms with van der Waals surface area (Å²) in [7, 11) is 3.95. The molecule has 29 heavy (non-hydrogen) atoms. The minimum atomic E-state index is -0.0271. The van der Waals surface area contributed by atoms with Crippen molar-refractivity contribution in [1.82, 2.24) is 15.3 Å². The fraction of sp³-hybridized carbons (Fsp3) is 0.500. The van der Waals surface area contributed by atoms with Gasteiger partial charge in [-0.2, -0.15) is 4.98 Å². The summed E-state index contributed by atoms with van der Waals surface area (Å²) >= 11 is 5.94. The zero-order chi connectivity index (χ0) is 21.0. The molecule has 0 spiro atoms. The van der Waals surface area contributed by atoms with Crippen molar-refractivity contribution in [3.05, 3.63) is 46.6 Å². The van der Waals surface area contributed by atoms with Crippen LogP contribution in [0.4, 0.5) is 11.8 Å². The molecular formula is C22H30ClN5O. The first-order valence-electron chi connectivity index (χ1n) is 10.2. The zero-order valence-corrected chi connectivity index (χ0v) is 18.3. The van der Waals surface area contributed by atoms with Gasteiger partial charge in [0.1, 0.15) is 5.82 Å². The van der Waals surface area contributed by atoms with Crippen LogP contribution in [0.15, 0.2) is 30.3 Å². The van der Waals surface area contributed by atoms with E-state index in [2.05, 4.69) is 20.6 Å². The van der Waals surface area contributed by atoms with Crippen LogP contribution in [0.2, 0.25) is 5.02 Å². The Morgan fingerprint density at radius 3 is 2.41 bits per heavy atom. The maximum atomic E-state index is 12.7. The number of aryl methyl sites for hydroxylation is 1. The fourth-order valence-corrected chi connectivity index (χ4v) is 3.82. The van der Waals surface area contributed by atoms with Gasteiger partial charge in [0.05, 0.1) is 6.04 Å². The van der Waals surface area contributed by atoms with E-state index in [0.717, 1.165) is 42.8 Å². The van der Waals surface area contributed by atoms with Gasteiger partial charge in [0.15, 0.2) is 0 Å². The summed E-state index contributed by atoms with van der Waals surface area (Å²) in [6.45, 7) is 3.98. The van der Waals surface area contributed by atoms with Gasteiger partial charge < -0.3 is 15.5 Å². The molecule has 1 aromatic heterocycles. The highest BCUT2D eigenvalue weighted by molar-refractivity contribution is 6.30. The van der Waals surface area contributed by atoms with Crippen molar-refractivity contribution >= 4 is 29.3 Å². The highest BCUT2D eigenvalue weighted by Gasteiger charge is 2.27. The Morgan fingerprint density at radius 1 is 1.14 bits per heavy atom. The molecule has 7 heteroatoms. The fourth-order valence-electron chi connectivity index (χ4n) is 3.69. The predicted octanol–water partition coefficient (Wildman–Crippen LogP) is 4.35. The van der Waals surface area contributed by atoms with Crippen molar-refractivity contribution in [2.45, 2.75) is 51.6 Å². The molecule has 1 atom stereocenters. The summed E-state index contributed by atoms with van der Waals surface area (Å²) in [4.78, 5) is 23.7. The highest BCUT2D eigenvalue weighted by Crippen LogP contribution is 2.27. The Balaban J connectivity index is 1.51. The molecule has 1 unspecified atom stereocenters. The second-order valence-corrected chi connectivity index (χ2v) is 8.50. The van der Waals surface area contributed by atoms with E-state index in [1.807, 2.05) is 63.2 Å². The Morgan fingerprint density at radius 2 is 1.79 bits per heavy atom. The van der Waals surface area contributed by atoms with Gasteiger partial charge in [0, 0.05) is 42.8 Å². The van der Waals surface area contributed by atoms with E-state index >= 15 is 0 Å². The lowest BCUT2D eigenvalue weighted by Gasteiger charge is -2.29. The molecule has 0 bridgehead atoms. The number of hydrogen-bond donors (Lipinski definition) is 2. The normalized spacial score (nSPS) is 20.0. The van der Waals surface area contributed by atoms with Crippen LogP contribution in [-0.2, 0) is 4.79 Å². The quantitative estimate of drug-likeness (QED) is 0.733. The van der Waals surface area contributed by atoms with Crippen LogP contribution in [-0.4, -0.2) is 36.0 Å². The van der Waals surface area contributed by atoms with Gasteiger partial charge in [-0.05, 0) is 57.2 Å². The van der Waals surface area contributed by atoms with Gasteiger partial charge in [-0.1, -0.05) is 23.7 Å². The van der Waals surface area contributed by atoms with Gasteiger partial charge in [0.25, 0.3) is 0 Å². The largest absolute Gasteiger partial charge is 0.363 e. The molecule has 1 aliphatic carbocycles. The minimum absolute atomic E-state index is 0.0271. The standard InChI is InChI=1S/C22H30ClN5O/c1-14-13-20(28(3)4)27-22(24-14)26-19-11-7-17(8-12-19)21(29)25-15(2)16-5-9-18(23)10-6-16/h5-6,9-10,13,15,17,19H,7-8,11-12H2,1-4H3,(H,25,29)(H,24,26,27)/t15?,17-,19+. The monoisotopic (exact) mass is 415 g/mol. The Hall–Kier alpha value is -2.34. The van der Waals surface area contributed by atoms with Crippen molar-refractivity contribution in [3.63, 3.8) is 0 Å². The molecule has 1 aliphatic rings. The number of carbonyl (C=O) groups excluding carboxylic acids is 1. The molecule has 156 valence electrons. The second kappa shape index (κ2) is 9.44. The Kier molecular flexibility index (Phi) is 6.96. The van der Waals surface area contributed by atoms with Crippen molar-refractivity contribution in [2.24, 2.45) is 5.92 Å². The first-order chi connectivity index (χ1) is 13.8.